The van der Waals surface area contributed by atoms with E-state index in [0.717, 1.165) is 36.1 Å². The maximum absolute atomic E-state index is 4.40. The first-order chi connectivity index (χ1) is 9.22. The zero-order chi connectivity index (χ0) is 13.7. The van der Waals surface area contributed by atoms with Crippen LogP contribution < -0.4 is 10.6 Å². The third-order valence-electron chi connectivity index (χ3n) is 4.10. The van der Waals surface area contributed by atoms with E-state index < -0.39 is 0 Å². The van der Waals surface area contributed by atoms with Crippen molar-refractivity contribution in [1.29, 1.82) is 0 Å². The quantitative estimate of drug-likeness (QED) is 0.822. The van der Waals surface area contributed by atoms with Crippen molar-refractivity contribution in [1.82, 2.24) is 9.97 Å². The highest BCUT2D eigenvalue weighted by atomic mass is 15.1. The van der Waals surface area contributed by atoms with Crippen LogP contribution >= 0.6 is 0 Å². The molecule has 0 radical (unpaired) electrons. The summed E-state index contributed by atoms with van der Waals surface area (Å²) in [4.78, 5) is 8.72. The normalized spacial score (nSPS) is 17.4. The van der Waals surface area contributed by atoms with Gasteiger partial charge in [-0.2, -0.15) is 0 Å². The largest absolute Gasteiger partial charge is 0.370 e. The van der Waals surface area contributed by atoms with Crippen LogP contribution in [-0.2, 0) is 0 Å². The standard InChI is InChI=1S/C15H26N4/c1-4-9-16-14-11(2)15(18-10-17-14)19-12(3)13-7-5-6-8-13/h10,12-13H,4-9H2,1-3H3,(H2,16,17,18,19). The fourth-order valence-corrected chi connectivity index (χ4v) is 2.81. The van der Waals surface area contributed by atoms with Crippen LogP contribution in [0.5, 0.6) is 0 Å². The van der Waals surface area contributed by atoms with Gasteiger partial charge in [0.05, 0.1) is 0 Å². The van der Waals surface area contributed by atoms with Crippen LogP contribution in [0.1, 0.15) is 51.5 Å². The number of rotatable bonds is 6. The first-order valence-electron chi connectivity index (χ1n) is 7.54. The summed E-state index contributed by atoms with van der Waals surface area (Å²) < 4.78 is 0. The molecule has 0 spiro atoms. The first-order valence-corrected chi connectivity index (χ1v) is 7.54. The lowest BCUT2D eigenvalue weighted by atomic mass is 10.00. The van der Waals surface area contributed by atoms with Gasteiger partial charge in [0.1, 0.15) is 18.0 Å². The second-order valence-electron chi connectivity index (χ2n) is 5.60. The molecule has 1 aromatic heterocycles. The van der Waals surface area contributed by atoms with E-state index in [1.54, 1.807) is 6.33 Å². The predicted octanol–water partition coefficient (Wildman–Crippen LogP) is 3.60. The van der Waals surface area contributed by atoms with E-state index in [9.17, 15) is 0 Å². The molecule has 4 nitrogen and oxygen atoms in total. The van der Waals surface area contributed by atoms with Crippen LogP contribution in [0.3, 0.4) is 0 Å². The molecule has 1 heterocycles. The number of nitrogens with zero attached hydrogens (tertiary/aromatic N) is 2. The molecule has 1 aliphatic carbocycles. The van der Waals surface area contributed by atoms with Crippen LogP contribution in [0.2, 0.25) is 0 Å². The monoisotopic (exact) mass is 262 g/mol. The molecule has 1 aromatic rings. The lowest BCUT2D eigenvalue weighted by Gasteiger charge is -2.22. The summed E-state index contributed by atoms with van der Waals surface area (Å²) in [7, 11) is 0. The van der Waals surface area contributed by atoms with Gasteiger partial charge in [-0.1, -0.05) is 19.8 Å². The molecule has 1 unspecified atom stereocenters. The summed E-state index contributed by atoms with van der Waals surface area (Å²) in [5, 5.41) is 6.93. The maximum atomic E-state index is 4.40. The molecule has 19 heavy (non-hydrogen) atoms. The van der Waals surface area contributed by atoms with Gasteiger partial charge in [0.25, 0.3) is 0 Å². The minimum absolute atomic E-state index is 0.495. The summed E-state index contributed by atoms with van der Waals surface area (Å²) in [5.74, 6) is 2.73. The van der Waals surface area contributed by atoms with E-state index in [1.165, 1.54) is 25.7 Å². The Kier molecular flexibility index (Phi) is 5.00. The van der Waals surface area contributed by atoms with Crippen molar-refractivity contribution in [3.8, 4) is 0 Å². The van der Waals surface area contributed by atoms with Crippen LogP contribution in [0, 0.1) is 12.8 Å². The molecule has 0 bridgehead atoms. The molecule has 0 aliphatic heterocycles. The highest BCUT2D eigenvalue weighted by Gasteiger charge is 2.22. The van der Waals surface area contributed by atoms with Crippen LogP contribution in [0.25, 0.3) is 0 Å². The van der Waals surface area contributed by atoms with Gasteiger partial charge in [0.2, 0.25) is 0 Å². The van der Waals surface area contributed by atoms with Gasteiger partial charge >= 0.3 is 0 Å². The van der Waals surface area contributed by atoms with Gasteiger partial charge in [0, 0.05) is 18.2 Å². The molecule has 4 heteroatoms. The minimum Gasteiger partial charge on any atom is -0.370 e. The highest BCUT2D eigenvalue weighted by molar-refractivity contribution is 5.56. The molecule has 1 saturated carbocycles. The lowest BCUT2D eigenvalue weighted by molar-refractivity contribution is 0.481. The summed E-state index contributed by atoms with van der Waals surface area (Å²) >= 11 is 0. The van der Waals surface area contributed by atoms with Crippen molar-refractivity contribution < 1.29 is 0 Å². The topological polar surface area (TPSA) is 49.8 Å². The van der Waals surface area contributed by atoms with Gasteiger partial charge in [0.15, 0.2) is 0 Å². The Morgan fingerprint density at radius 1 is 1.26 bits per heavy atom. The summed E-state index contributed by atoms with van der Waals surface area (Å²) in [6, 6.07) is 0.495. The van der Waals surface area contributed by atoms with Crippen molar-refractivity contribution in [3.05, 3.63) is 11.9 Å². The number of aromatic nitrogens is 2. The maximum Gasteiger partial charge on any atom is 0.134 e. The Balaban J connectivity index is 2.02. The Morgan fingerprint density at radius 2 is 1.95 bits per heavy atom. The van der Waals surface area contributed by atoms with Crippen LogP contribution in [0.4, 0.5) is 11.6 Å². The zero-order valence-corrected chi connectivity index (χ0v) is 12.4. The van der Waals surface area contributed by atoms with Crippen LogP contribution in [0.15, 0.2) is 6.33 Å². The summed E-state index contributed by atoms with van der Waals surface area (Å²) in [6.45, 7) is 7.47. The van der Waals surface area contributed by atoms with Gasteiger partial charge in [-0.15, -0.1) is 0 Å². The van der Waals surface area contributed by atoms with E-state index in [1.807, 2.05) is 0 Å². The van der Waals surface area contributed by atoms with Gasteiger partial charge in [-0.25, -0.2) is 9.97 Å². The Labute approximate surface area is 116 Å². The smallest absolute Gasteiger partial charge is 0.134 e. The molecule has 106 valence electrons. The average molecular weight is 262 g/mol. The highest BCUT2D eigenvalue weighted by Crippen LogP contribution is 2.30. The summed E-state index contributed by atoms with van der Waals surface area (Å²) in [5.41, 5.74) is 1.13. The van der Waals surface area contributed by atoms with Gasteiger partial charge in [-0.3, -0.25) is 0 Å². The molecule has 1 aliphatic rings. The third-order valence-corrected chi connectivity index (χ3v) is 4.10. The number of anilines is 2. The first kappa shape index (κ1) is 14.1. The van der Waals surface area contributed by atoms with Crippen molar-refractivity contribution >= 4 is 11.6 Å². The molecule has 0 amide bonds. The Hall–Kier alpha value is -1.32. The number of hydrogen-bond donors (Lipinski definition) is 2. The third kappa shape index (κ3) is 3.58. The molecular weight excluding hydrogens is 236 g/mol. The second kappa shape index (κ2) is 6.73. The van der Waals surface area contributed by atoms with Crippen LogP contribution in [-0.4, -0.2) is 22.6 Å². The van der Waals surface area contributed by atoms with Crippen molar-refractivity contribution in [2.75, 3.05) is 17.2 Å². The van der Waals surface area contributed by atoms with E-state index in [2.05, 4.69) is 41.4 Å². The molecule has 2 rings (SSSR count). The predicted molar refractivity (Wildman–Crippen MR) is 80.6 cm³/mol. The van der Waals surface area contributed by atoms with Crippen molar-refractivity contribution in [3.63, 3.8) is 0 Å². The molecule has 2 N–H and O–H groups in total. The molecule has 1 fully saturated rings. The molecule has 0 aromatic carbocycles. The lowest BCUT2D eigenvalue weighted by Crippen LogP contribution is -2.25. The van der Waals surface area contributed by atoms with Crippen molar-refractivity contribution in [2.45, 2.75) is 58.9 Å². The SMILES string of the molecule is CCCNc1ncnc(NC(C)C2CCCC2)c1C. The molecule has 1 atom stereocenters. The van der Waals surface area contributed by atoms with E-state index in [4.69, 9.17) is 0 Å². The Bertz CT molecular complexity index is 399. The fourth-order valence-electron chi connectivity index (χ4n) is 2.81. The molecule has 0 saturated heterocycles. The van der Waals surface area contributed by atoms with E-state index >= 15 is 0 Å². The fraction of sp³-hybridized carbons (Fsp3) is 0.733. The average Bonchev–Trinajstić information content (AvgIpc) is 2.94. The number of nitrogens with one attached hydrogen (secondary N) is 2. The van der Waals surface area contributed by atoms with Gasteiger partial charge in [-0.05, 0) is 39.0 Å². The number of hydrogen-bond acceptors (Lipinski definition) is 4. The van der Waals surface area contributed by atoms with Gasteiger partial charge < -0.3 is 10.6 Å². The van der Waals surface area contributed by atoms with Crippen molar-refractivity contribution in [2.24, 2.45) is 5.92 Å². The minimum atomic E-state index is 0.495. The van der Waals surface area contributed by atoms with E-state index in [0.29, 0.717) is 6.04 Å². The van der Waals surface area contributed by atoms with E-state index in [-0.39, 0.29) is 0 Å². The second-order valence-corrected chi connectivity index (χ2v) is 5.60. The zero-order valence-electron chi connectivity index (χ0n) is 12.4. The molecular formula is C15H26N4. The Morgan fingerprint density at radius 3 is 2.63 bits per heavy atom. The summed E-state index contributed by atoms with van der Waals surface area (Å²) in [6.07, 6.45) is 8.20.